The van der Waals surface area contributed by atoms with Gasteiger partial charge in [0.2, 0.25) is 0 Å². The molecule has 124 valence electrons. The third kappa shape index (κ3) is 2.78. The molecule has 2 aromatic carbocycles. The maximum Gasteiger partial charge on any atom is 0.416 e. The highest BCUT2D eigenvalue weighted by molar-refractivity contribution is 5.78. The van der Waals surface area contributed by atoms with Crippen molar-refractivity contribution in [1.82, 2.24) is 19.9 Å². The Balaban J connectivity index is 1.63. The number of carbonyl (C=O) groups excluding carboxylic acids is 1. The lowest BCUT2D eigenvalue weighted by atomic mass is 10.1. The molecule has 0 bridgehead atoms. The quantitative estimate of drug-likeness (QED) is 0.733. The van der Waals surface area contributed by atoms with E-state index in [2.05, 4.69) is 16.9 Å². The minimum absolute atomic E-state index is 0.231. The minimum atomic E-state index is -0.435. The first-order valence-electron chi connectivity index (χ1n) is 7.92. The van der Waals surface area contributed by atoms with E-state index in [1.54, 1.807) is 6.20 Å². The van der Waals surface area contributed by atoms with E-state index in [0.717, 1.165) is 11.1 Å². The van der Waals surface area contributed by atoms with E-state index in [-0.39, 0.29) is 12.6 Å². The average Bonchev–Trinajstić information content (AvgIpc) is 3.30. The van der Waals surface area contributed by atoms with Crippen LogP contribution >= 0.6 is 0 Å². The molecule has 1 amide bonds. The molecule has 6 heteroatoms. The van der Waals surface area contributed by atoms with Gasteiger partial charge in [-0.25, -0.2) is 9.48 Å². The molecule has 6 nitrogen and oxygen atoms in total. The van der Waals surface area contributed by atoms with Crippen molar-refractivity contribution in [2.45, 2.75) is 6.04 Å². The number of benzene rings is 2. The monoisotopic (exact) mass is 332 g/mol. The van der Waals surface area contributed by atoms with Crippen molar-refractivity contribution in [3.05, 3.63) is 79.0 Å². The Labute approximate surface area is 145 Å². The van der Waals surface area contributed by atoms with Gasteiger partial charge in [0.15, 0.2) is 0 Å². The van der Waals surface area contributed by atoms with Gasteiger partial charge in [-0.05, 0) is 5.56 Å². The summed E-state index contributed by atoms with van der Waals surface area (Å²) in [5.41, 5.74) is 2.65. The van der Waals surface area contributed by atoms with Crippen LogP contribution in [0.3, 0.4) is 0 Å². The van der Waals surface area contributed by atoms with Gasteiger partial charge in [-0.3, -0.25) is 4.90 Å². The van der Waals surface area contributed by atoms with E-state index >= 15 is 0 Å². The molecule has 0 unspecified atom stereocenters. The van der Waals surface area contributed by atoms with E-state index < -0.39 is 6.09 Å². The Bertz CT molecular complexity index is 905. The molecule has 1 aliphatic rings. The molecule has 25 heavy (non-hydrogen) atoms. The van der Waals surface area contributed by atoms with E-state index in [1.165, 1.54) is 9.58 Å². The summed E-state index contributed by atoms with van der Waals surface area (Å²) in [6.07, 6.45) is 1.32. The number of nitrogens with zero attached hydrogens (tertiary/aromatic N) is 4. The van der Waals surface area contributed by atoms with Gasteiger partial charge in [0.1, 0.15) is 24.2 Å². The molecule has 0 N–H and O–H groups in total. The van der Waals surface area contributed by atoms with Crippen molar-refractivity contribution in [2.75, 3.05) is 6.61 Å². The summed E-state index contributed by atoms with van der Waals surface area (Å²) < 4.78 is 6.74. The third-order valence-electron chi connectivity index (χ3n) is 4.16. The zero-order chi connectivity index (χ0) is 17.2. The van der Waals surface area contributed by atoms with Crippen molar-refractivity contribution < 1.29 is 9.53 Å². The summed E-state index contributed by atoms with van der Waals surface area (Å²) in [5.74, 6) is 0.408. The Kier molecular flexibility index (Phi) is 3.78. The molecule has 1 saturated heterocycles. The van der Waals surface area contributed by atoms with Crippen molar-refractivity contribution in [1.29, 1.82) is 0 Å². The Morgan fingerprint density at radius 2 is 1.76 bits per heavy atom. The lowest BCUT2D eigenvalue weighted by molar-refractivity contribution is 0.166. The molecule has 1 atom stereocenters. The Morgan fingerprint density at radius 1 is 1.08 bits per heavy atom. The van der Waals surface area contributed by atoms with Crippen LogP contribution in [0.4, 0.5) is 4.79 Å². The van der Waals surface area contributed by atoms with Crippen LogP contribution in [0.2, 0.25) is 0 Å². The van der Waals surface area contributed by atoms with Gasteiger partial charge in [-0.2, -0.15) is 0 Å². The van der Waals surface area contributed by atoms with E-state index in [1.807, 2.05) is 60.7 Å². The molecule has 2 heterocycles. The first-order chi connectivity index (χ1) is 12.2. The molecule has 4 rings (SSSR count). The van der Waals surface area contributed by atoms with Crippen LogP contribution in [0.25, 0.3) is 17.1 Å². The second-order valence-electron chi connectivity index (χ2n) is 5.70. The number of aromatic nitrogens is 3. The summed E-state index contributed by atoms with van der Waals surface area (Å²) in [6, 6.07) is 19.2. The lowest BCUT2D eigenvalue weighted by Gasteiger charge is -2.22. The van der Waals surface area contributed by atoms with Crippen LogP contribution in [0.1, 0.15) is 11.6 Å². The summed E-state index contributed by atoms with van der Waals surface area (Å²) in [5, 5.41) is 8.29. The number of carbonyl (C=O) groups is 1. The number of hydrogen-bond acceptors (Lipinski definition) is 4. The number of rotatable bonds is 4. The number of ether oxygens (including phenoxy) is 1. The highest BCUT2D eigenvalue weighted by Gasteiger charge is 2.37. The van der Waals surface area contributed by atoms with Crippen LogP contribution in [0.15, 0.2) is 73.4 Å². The molecule has 0 aliphatic carbocycles. The second kappa shape index (κ2) is 6.24. The smallest absolute Gasteiger partial charge is 0.416 e. The van der Waals surface area contributed by atoms with Crippen molar-refractivity contribution in [3.8, 4) is 11.3 Å². The van der Waals surface area contributed by atoms with Crippen molar-refractivity contribution in [3.63, 3.8) is 0 Å². The van der Waals surface area contributed by atoms with Gasteiger partial charge < -0.3 is 4.74 Å². The zero-order valence-electron chi connectivity index (χ0n) is 13.4. The summed E-state index contributed by atoms with van der Waals surface area (Å²) in [6.45, 7) is 4.31. The molecule has 1 aliphatic heterocycles. The van der Waals surface area contributed by atoms with Gasteiger partial charge in [-0.1, -0.05) is 72.5 Å². The maximum absolute atomic E-state index is 12.2. The van der Waals surface area contributed by atoms with E-state index in [0.29, 0.717) is 11.5 Å². The number of cyclic esters (lactones) is 1. The van der Waals surface area contributed by atoms with Gasteiger partial charge >= 0.3 is 6.09 Å². The summed E-state index contributed by atoms with van der Waals surface area (Å²) in [4.78, 5) is 13.7. The predicted molar refractivity (Wildman–Crippen MR) is 93.2 cm³/mol. The first kappa shape index (κ1) is 15.1. The van der Waals surface area contributed by atoms with Crippen LogP contribution in [-0.4, -0.2) is 32.6 Å². The predicted octanol–water partition coefficient (Wildman–Crippen LogP) is 3.57. The Morgan fingerprint density at radius 3 is 2.48 bits per heavy atom. The highest BCUT2D eigenvalue weighted by atomic mass is 16.6. The second-order valence-corrected chi connectivity index (χ2v) is 5.70. The fourth-order valence-corrected chi connectivity index (χ4v) is 2.87. The topological polar surface area (TPSA) is 60.2 Å². The molecule has 0 saturated carbocycles. The standard InChI is InChI=1S/C19H16N4O2/c1-14(22-12-17(20-21-22)15-8-4-2-5-9-15)23-18(13-25-19(23)24)16-10-6-3-7-11-16/h2-12,18H,1,13H2/t18-/m0/s1. The molecular formula is C19H16N4O2. The molecule has 1 fully saturated rings. The van der Waals surface area contributed by atoms with Crippen LogP contribution in [0, 0.1) is 0 Å². The fraction of sp³-hybridized carbons (Fsp3) is 0.105. The fourth-order valence-electron chi connectivity index (χ4n) is 2.87. The molecule has 3 aromatic rings. The maximum atomic E-state index is 12.2. The van der Waals surface area contributed by atoms with Gasteiger partial charge in [0.05, 0.1) is 6.20 Å². The molecule has 0 spiro atoms. The highest BCUT2D eigenvalue weighted by Crippen LogP contribution is 2.32. The average molecular weight is 332 g/mol. The first-order valence-corrected chi connectivity index (χ1v) is 7.92. The number of amides is 1. The van der Waals surface area contributed by atoms with Gasteiger partial charge in [0, 0.05) is 5.56 Å². The van der Waals surface area contributed by atoms with E-state index in [9.17, 15) is 4.79 Å². The molecule has 0 radical (unpaired) electrons. The minimum Gasteiger partial charge on any atom is -0.447 e. The lowest BCUT2D eigenvalue weighted by Crippen LogP contribution is -2.28. The van der Waals surface area contributed by atoms with Gasteiger partial charge in [-0.15, -0.1) is 5.10 Å². The number of hydrogen-bond donors (Lipinski definition) is 0. The SMILES string of the molecule is C=C(N1C(=O)OC[C@H]1c1ccccc1)n1cc(-c2ccccc2)nn1. The Hall–Kier alpha value is -3.41. The largest absolute Gasteiger partial charge is 0.447 e. The van der Waals surface area contributed by atoms with Gasteiger partial charge in [0.25, 0.3) is 0 Å². The van der Waals surface area contributed by atoms with Crippen LogP contribution in [-0.2, 0) is 4.74 Å². The molecular weight excluding hydrogens is 316 g/mol. The zero-order valence-corrected chi connectivity index (χ0v) is 13.4. The summed E-state index contributed by atoms with van der Waals surface area (Å²) in [7, 11) is 0. The van der Waals surface area contributed by atoms with Crippen LogP contribution in [0.5, 0.6) is 0 Å². The summed E-state index contributed by atoms with van der Waals surface area (Å²) >= 11 is 0. The normalized spacial score (nSPS) is 16.7. The third-order valence-corrected chi connectivity index (χ3v) is 4.16. The van der Waals surface area contributed by atoms with E-state index in [4.69, 9.17) is 4.74 Å². The molecule has 1 aromatic heterocycles. The van der Waals surface area contributed by atoms with Crippen LogP contribution < -0.4 is 0 Å². The van der Waals surface area contributed by atoms with Crippen molar-refractivity contribution >= 4 is 11.9 Å². The van der Waals surface area contributed by atoms with Crippen molar-refractivity contribution in [2.24, 2.45) is 0 Å².